The summed E-state index contributed by atoms with van der Waals surface area (Å²) in [7, 11) is -2.77. The summed E-state index contributed by atoms with van der Waals surface area (Å²) in [6.45, 7) is 5.21. The molecule has 0 radical (unpaired) electrons. The number of halogens is 1. The van der Waals surface area contributed by atoms with Gasteiger partial charge in [-0.05, 0) is 73.6 Å². The molecule has 2 aliphatic heterocycles. The van der Waals surface area contributed by atoms with Gasteiger partial charge in [0.15, 0.2) is 5.91 Å². The molecule has 13 heteroatoms. The monoisotopic (exact) mass is 616 g/mol. The summed E-state index contributed by atoms with van der Waals surface area (Å²) in [5.74, 6) is -0.368. The summed E-state index contributed by atoms with van der Waals surface area (Å²) in [5.41, 5.74) is 0.133. The SMILES string of the molecule is CC[C@@H](C(=O)N1CC(c2ncc(C)o2)C1)N1CCC2CC2C[C@H](NC(=O)c2cc3cc(C(F)P(O)O)ccc3s2)C1=O. The lowest BCUT2D eigenvalue weighted by molar-refractivity contribution is -0.150. The van der Waals surface area contributed by atoms with E-state index in [9.17, 15) is 28.6 Å². The first kappa shape index (κ1) is 29.2. The van der Waals surface area contributed by atoms with E-state index in [0.29, 0.717) is 60.5 Å². The van der Waals surface area contributed by atoms with E-state index in [1.54, 1.807) is 28.1 Å². The fourth-order valence-corrected chi connectivity index (χ4v) is 7.57. The van der Waals surface area contributed by atoms with E-state index in [2.05, 4.69) is 10.3 Å². The highest BCUT2D eigenvalue weighted by Crippen LogP contribution is 2.47. The van der Waals surface area contributed by atoms with Crippen LogP contribution < -0.4 is 5.32 Å². The molecule has 2 saturated heterocycles. The molecule has 1 saturated carbocycles. The van der Waals surface area contributed by atoms with Crippen LogP contribution >= 0.6 is 19.7 Å². The van der Waals surface area contributed by atoms with Crippen LogP contribution in [0.15, 0.2) is 34.9 Å². The molecule has 6 rings (SSSR count). The number of oxazole rings is 1. The van der Waals surface area contributed by atoms with E-state index in [4.69, 9.17) is 4.42 Å². The topological polar surface area (TPSA) is 136 Å². The number of carbonyl (C=O) groups excluding carboxylic acids is 3. The number of alkyl halides is 1. The summed E-state index contributed by atoms with van der Waals surface area (Å²) in [6.07, 6.45) is 4.52. The molecule has 4 heterocycles. The second kappa shape index (κ2) is 11.6. The zero-order valence-corrected chi connectivity index (χ0v) is 25.1. The summed E-state index contributed by atoms with van der Waals surface area (Å²) in [6, 6.07) is 4.90. The zero-order valence-electron chi connectivity index (χ0n) is 23.4. The Labute approximate surface area is 247 Å². The van der Waals surface area contributed by atoms with E-state index >= 15 is 0 Å². The van der Waals surface area contributed by atoms with Gasteiger partial charge in [-0.15, -0.1) is 11.3 Å². The van der Waals surface area contributed by atoms with Crippen molar-refractivity contribution < 1.29 is 33.0 Å². The van der Waals surface area contributed by atoms with Gasteiger partial charge in [0.1, 0.15) is 17.8 Å². The van der Waals surface area contributed by atoms with Gasteiger partial charge in [0.05, 0.1) is 17.0 Å². The highest BCUT2D eigenvalue weighted by atomic mass is 32.1. The standard InChI is InChI=1S/C29H34FN4O6PS/c1-3-22(29(37)33-13-20(14-33)27-31-12-15(2)40-27)34-7-6-16-8-18(16)10-21(28(34)36)32-26(35)24-11-19-9-17(25(30)41(38)39)4-5-23(19)42-24/h4-5,9,11-12,16,18,20-22,25,38-39H,3,6-8,10,13-14H2,1-2H3,(H,32,35)/t16?,18?,21-,22-,25?/m0/s1. The number of amides is 3. The molecule has 3 amide bonds. The van der Waals surface area contributed by atoms with Gasteiger partial charge in [0.2, 0.25) is 26.1 Å². The number of benzene rings is 1. The van der Waals surface area contributed by atoms with E-state index in [0.717, 1.165) is 23.3 Å². The fraction of sp³-hybridized carbons (Fsp3) is 0.517. The van der Waals surface area contributed by atoms with Crippen LogP contribution in [0.25, 0.3) is 10.1 Å². The van der Waals surface area contributed by atoms with Crippen molar-refractivity contribution in [1.82, 2.24) is 20.1 Å². The number of nitrogens with one attached hydrogen (secondary N) is 1. The molecular formula is C29H34FN4O6PS. The minimum absolute atomic E-state index is 0.0466. The van der Waals surface area contributed by atoms with Gasteiger partial charge in [0.25, 0.3) is 5.91 Å². The summed E-state index contributed by atoms with van der Waals surface area (Å²) >= 11 is 1.22. The number of fused-ring (bicyclic) bond motifs is 2. The van der Waals surface area contributed by atoms with Gasteiger partial charge in [-0.25, -0.2) is 9.37 Å². The third-order valence-corrected chi connectivity index (χ3v) is 10.5. The first-order chi connectivity index (χ1) is 20.1. The van der Waals surface area contributed by atoms with Crippen LogP contribution in [0, 0.1) is 18.8 Å². The number of aromatic nitrogens is 1. The zero-order chi connectivity index (χ0) is 29.7. The van der Waals surface area contributed by atoms with E-state index in [-0.39, 0.29) is 23.3 Å². The third-order valence-electron chi connectivity index (χ3n) is 8.71. The van der Waals surface area contributed by atoms with E-state index < -0.39 is 32.3 Å². The van der Waals surface area contributed by atoms with E-state index in [1.165, 1.54) is 23.5 Å². The largest absolute Gasteiger partial charge is 0.446 e. The number of hydrogen-bond acceptors (Lipinski definition) is 8. The second-order valence-electron chi connectivity index (χ2n) is 11.6. The van der Waals surface area contributed by atoms with Crippen molar-refractivity contribution in [3.8, 4) is 0 Å². The van der Waals surface area contributed by atoms with Crippen LogP contribution in [0.4, 0.5) is 4.39 Å². The van der Waals surface area contributed by atoms with Gasteiger partial charge in [0, 0.05) is 24.3 Å². The number of hydrogen-bond donors (Lipinski definition) is 3. The number of likely N-dealkylation sites (tertiary alicyclic amines) is 2. The van der Waals surface area contributed by atoms with Crippen LogP contribution in [0.2, 0.25) is 0 Å². The molecule has 42 heavy (non-hydrogen) atoms. The number of nitrogens with zero attached hydrogens (tertiary/aromatic N) is 3. The molecule has 10 nitrogen and oxygen atoms in total. The molecule has 3 aromatic rings. The molecule has 3 fully saturated rings. The molecule has 2 aromatic heterocycles. The van der Waals surface area contributed by atoms with E-state index in [1.807, 2.05) is 13.8 Å². The summed E-state index contributed by atoms with van der Waals surface area (Å²) in [5, 5.41) is 3.56. The first-order valence-corrected chi connectivity index (χ1v) is 16.4. The molecule has 5 atom stereocenters. The average Bonchev–Trinajstić information content (AvgIpc) is 3.29. The first-order valence-electron chi connectivity index (χ1n) is 14.3. The molecule has 1 aromatic carbocycles. The molecular weight excluding hydrogens is 582 g/mol. The minimum Gasteiger partial charge on any atom is -0.446 e. The van der Waals surface area contributed by atoms with Gasteiger partial charge < -0.3 is 29.3 Å². The minimum atomic E-state index is -2.77. The maximum absolute atomic E-state index is 14.2. The Bertz CT molecular complexity index is 1510. The molecule has 3 aliphatic rings. The lowest BCUT2D eigenvalue weighted by atomic mass is 9.96. The number of aryl methyl sites for hydroxylation is 1. The quantitative estimate of drug-likeness (QED) is 0.323. The Morgan fingerprint density at radius 2 is 2.02 bits per heavy atom. The van der Waals surface area contributed by atoms with Crippen molar-refractivity contribution >= 4 is 47.5 Å². The van der Waals surface area contributed by atoms with Crippen molar-refractivity contribution in [3.05, 3.63) is 52.6 Å². The second-order valence-corrected chi connectivity index (χ2v) is 13.8. The normalized spacial score (nSPS) is 24.1. The lowest BCUT2D eigenvalue weighted by Crippen LogP contribution is -2.60. The molecule has 224 valence electrons. The van der Waals surface area contributed by atoms with Crippen LogP contribution in [0.1, 0.15) is 71.3 Å². The number of thiophene rings is 1. The smallest absolute Gasteiger partial charge is 0.262 e. The van der Waals surface area contributed by atoms with Crippen molar-refractivity contribution in [2.24, 2.45) is 11.8 Å². The molecule has 3 N–H and O–H groups in total. The summed E-state index contributed by atoms with van der Waals surface area (Å²) < 4.78 is 20.5. The maximum atomic E-state index is 14.2. The van der Waals surface area contributed by atoms with Gasteiger partial charge in [-0.1, -0.05) is 13.0 Å². The fourth-order valence-electron chi connectivity index (χ4n) is 6.20. The Hall–Kier alpha value is -2.92. The van der Waals surface area contributed by atoms with Crippen molar-refractivity contribution in [2.45, 2.75) is 63.4 Å². The van der Waals surface area contributed by atoms with Gasteiger partial charge in [-0.3, -0.25) is 14.4 Å². The van der Waals surface area contributed by atoms with Crippen molar-refractivity contribution in [2.75, 3.05) is 19.6 Å². The molecule has 3 unspecified atom stereocenters. The van der Waals surface area contributed by atoms with Gasteiger partial charge in [-0.2, -0.15) is 0 Å². The molecule has 1 aliphatic carbocycles. The number of carbonyl (C=O) groups is 3. The van der Waals surface area contributed by atoms with Crippen LogP contribution in [0.3, 0.4) is 0 Å². The third kappa shape index (κ3) is 5.69. The van der Waals surface area contributed by atoms with Crippen molar-refractivity contribution in [3.63, 3.8) is 0 Å². The van der Waals surface area contributed by atoms with Gasteiger partial charge >= 0.3 is 0 Å². The maximum Gasteiger partial charge on any atom is 0.262 e. The van der Waals surface area contributed by atoms with Crippen LogP contribution in [-0.4, -0.2) is 74.0 Å². The highest BCUT2D eigenvalue weighted by molar-refractivity contribution is 7.45. The highest BCUT2D eigenvalue weighted by Gasteiger charge is 2.47. The Morgan fingerprint density at radius 3 is 2.71 bits per heavy atom. The number of rotatable bonds is 8. The predicted molar refractivity (Wildman–Crippen MR) is 155 cm³/mol. The Balaban J connectivity index is 1.16. The molecule has 0 spiro atoms. The van der Waals surface area contributed by atoms with Crippen LogP contribution in [0.5, 0.6) is 0 Å². The average molecular weight is 617 g/mol. The Morgan fingerprint density at radius 1 is 1.24 bits per heavy atom. The molecule has 0 bridgehead atoms. The summed E-state index contributed by atoms with van der Waals surface area (Å²) in [4.78, 5) is 67.5. The predicted octanol–water partition coefficient (Wildman–Crippen LogP) is 4.22. The lowest BCUT2D eigenvalue weighted by Gasteiger charge is -2.42. The Kier molecular flexibility index (Phi) is 8.08. The van der Waals surface area contributed by atoms with Crippen LogP contribution in [-0.2, 0) is 9.59 Å². The van der Waals surface area contributed by atoms with Crippen molar-refractivity contribution in [1.29, 1.82) is 0 Å².